The van der Waals surface area contributed by atoms with Gasteiger partial charge < -0.3 is 14.2 Å². The summed E-state index contributed by atoms with van der Waals surface area (Å²) in [5.41, 5.74) is 2.17. The molecule has 0 saturated carbocycles. The summed E-state index contributed by atoms with van der Waals surface area (Å²) < 4.78 is 4.19. The van der Waals surface area contributed by atoms with Gasteiger partial charge in [-0.05, 0) is 65.9 Å². The molecule has 3 heterocycles. The molecule has 0 radical (unpaired) electrons. The summed E-state index contributed by atoms with van der Waals surface area (Å²) in [5.74, 6) is 0. The number of imidazole rings is 1. The van der Waals surface area contributed by atoms with Crippen molar-refractivity contribution in [3.63, 3.8) is 0 Å². The van der Waals surface area contributed by atoms with E-state index in [1.54, 1.807) is 58.2 Å². The molecular weight excluding hydrogens is 501 g/mol. The molecule has 0 aliphatic heterocycles. The number of thiophene rings is 1. The highest BCUT2D eigenvalue weighted by Crippen LogP contribution is 2.38. The van der Waals surface area contributed by atoms with Crippen LogP contribution in [-0.2, 0) is 32.5 Å². The van der Waals surface area contributed by atoms with Crippen molar-refractivity contribution < 1.29 is 5.11 Å². The van der Waals surface area contributed by atoms with Crippen LogP contribution in [0.5, 0.6) is 0 Å². The Morgan fingerprint density at radius 1 is 0.971 bits per heavy atom. The van der Waals surface area contributed by atoms with Crippen LogP contribution in [0.2, 0.25) is 9.36 Å². The molecular formula is C27H23Cl2N3O2S. The minimum absolute atomic E-state index is 0.0657. The van der Waals surface area contributed by atoms with E-state index in [4.69, 9.17) is 23.2 Å². The second-order valence-electron chi connectivity index (χ2n) is 8.61. The summed E-state index contributed by atoms with van der Waals surface area (Å²) in [4.78, 5) is 18.1. The quantitative estimate of drug-likeness (QED) is 0.310. The van der Waals surface area contributed by atoms with E-state index in [0.29, 0.717) is 28.3 Å². The molecule has 1 unspecified atom stereocenters. The van der Waals surface area contributed by atoms with Gasteiger partial charge in [0.15, 0.2) is 5.60 Å². The van der Waals surface area contributed by atoms with Crippen molar-refractivity contribution in [3.05, 3.63) is 120 Å². The Balaban J connectivity index is 1.69. The van der Waals surface area contributed by atoms with Gasteiger partial charge >= 0.3 is 0 Å². The number of hydrogen-bond acceptors (Lipinski definition) is 4. The van der Waals surface area contributed by atoms with Crippen LogP contribution in [0.25, 0.3) is 10.9 Å². The third-order valence-corrected chi connectivity index (χ3v) is 8.01. The van der Waals surface area contributed by atoms with Crippen LogP contribution < -0.4 is 5.56 Å². The SMILES string of the molecule is Cn1cncc1C(O)(c1ccc(Cl)cc1)c1ccc2c(c1)c(CCc1ccc(Cl)s1)cc(=O)n2C. The van der Waals surface area contributed by atoms with E-state index in [1.807, 2.05) is 49.5 Å². The van der Waals surface area contributed by atoms with Crippen molar-refractivity contribution in [1.29, 1.82) is 0 Å². The Bertz CT molecular complexity index is 1590. The molecule has 0 saturated heterocycles. The molecule has 0 amide bonds. The third kappa shape index (κ3) is 4.32. The fourth-order valence-corrected chi connectivity index (χ4v) is 5.78. The topological polar surface area (TPSA) is 60.0 Å². The smallest absolute Gasteiger partial charge is 0.251 e. The van der Waals surface area contributed by atoms with Crippen molar-refractivity contribution in [2.45, 2.75) is 18.4 Å². The van der Waals surface area contributed by atoms with Crippen molar-refractivity contribution in [2.75, 3.05) is 0 Å². The number of aryl methyl sites for hydroxylation is 4. The third-order valence-electron chi connectivity index (χ3n) is 6.47. The number of nitrogens with zero attached hydrogens (tertiary/aromatic N) is 3. The van der Waals surface area contributed by atoms with E-state index in [2.05, 4.69) is 4.98 Å². The van der Waals surface area contributed by atoms with Gasteiger partial charge in [-0.25, -0.2) is 4.98 Å². The van der Waals surface area contributed by atoms with Crippen molar-refractivity contribution >= 4 is 45.4 Å². The van der Waals surface area contributed by atoms with Crippen molar-refractivity contribution in [3.8, 4) is 0 Å². The molecule has 2 aromatic carbocycles. The molecule has 0 bridgehead atoms. The second kappa shape index (κ2) is 9.28. The first-order valence-electron chi connectivity index (χ1n) is 11.1. The summed E-state index contributed by atoms with van der Waals surface area (Å²) in [6.07, 6.45) is 4.78. The van der Waals surface area contributed by atoms with Gasteiger partial charge in [0.2, 0.25) is 0 Å². The minimum atomic E-state index is -1.47. The highest BCUT2D eigenvalue weighted by Gasteiger charge is 2.37. The first kappa shape index (κ1) is 23.8. The number of aliphatic hydroxyl groups is 1. The summed E-state index contributed by atoms with van der Waals surface area (Å²) >= 11 is 13.8. The summed E-state index contributed by atoms with van der Waals surface area (Å²) in [5, 5.41) is 13.8. The normalized spacial score (nSPS) is 13.3. The fourth-order valence-electron chi connectivity index (χ4n) is 4.56. The predicted molar refractivity (Wildman–Crippen MR) is 143 cm³/mol. The molecule has 0 spiro atoms. The van der Waals surface area contributed by atoms with Crippen LogP contribution in [0, 0.1) is 0 Å². The van der Waals surface area contributed by atoms with Gasteiger partial charge in [-0.15, -0.1) is 11.3 Å². The molecule has 5 rings (SSSR count). The van der Waals surface area contributed by atoms with E-state index >= 15 is 0 Å². The molecule has 178 valence electrons. The zero-order chi connectivity index (χ0) is 24.7. The van der Waals surface area contributed by atoms with Crippen molar-refractivity contribution in [2.24, 2.45) is 14.1 Å². The highest BCUT2D eigenvalue weighted by atomic mass is 35.5. The van der Waals surface area contributed by atoms with Gasteiger partial charge in [-0.2, -0.15) is 0 Å². The lowest BCUT2D eigenvalue weighted by atomic mass is 9.82. The molecule has 35 heavy (non-hydrogen) atoms. The zero-order valence-corrected chi connectivity index (χ0v) is 21.5. The van der Waals surface area contributed by atoms with Gasteiger partial charge in [0.25, 0.3) is 5.56 Å². The fraction of sp³-hybridized carbons (Fsp3) is 0.185. The molecule has 1 atom stereocenters. The minimum Gasteiger partial charge on any atom is -0.374 e. The monoisotopic (exact) mass is 523 g/mol. The molecule has 0 fully saturated rings. The Hall–Kier alpha value is -2.90. The van der Waals surface area contributed by atoms with Gasteiger partial charge in [0.05, 0.1) is 28.1 Å². The number of halogens is 2. The van der Waals surface area contributed by atoms with Gasteiger partial charge in [-0.1, -0.05) is 41.4 Å². The number of aromatic nitrogens is 3. The van der Waals surface area contributed by atoms with Crippen molar-refractivity contribution in [1.82, 2.24) is 14.1 Å². The van der Waals surface area contributed by atoms with E-state index in [9.17, 15) is 9.90 Å². The average molecular weight is 524 g/mol. The maximum Gasteiger partial charge on any atom is 0.251 e. The first-order valence-corrected chi connectivity index (χ1v) is 12.7. The standard InChI is InChI=1S/C27H23Cl2N3O2S/c1-31-16-30-15-24(31)27(34,18-4-7-20(28)8-5-18)19-6-11-23-22(14-19)17(13-26(33)32(23)2)3-9-21-10-12-25(29)35-21/h4-8,10-16,34H,3,9H2,1-2H3. The lowest BCUT2D eigenvalue weighted by Gasteiger charge is -2.30. The number of pyridine rings is 1. The molecule has 3 aromatic heterocycles. The molecule has 5 aromatic rings. The lowest BCUT2D eigenvalue weighted by Crippen LogP contribution is -2.31. The molecule has 1 N–H and O–H groups in total. The largest absolute Gasteiger partial charge is 0.374 e. The second-order valence-corrected chi connectivity index (χ2v) is 10.8. The van der Waals surface area contributed by atoms with Gasteiger partial charge in [-0.3, -0.25) is 4.79 Å². The number of benzene rings is 2. The summed E-state index contributed by atoms with van der Waals surface area (Å²) in [7, 11) is 3.62. The Kier molecular flexibility index (Phi) is 6.32. The maximum absolute atomic E-state index is 12.7. The molecule has 0 aliphatic carbocycles. The van der Waals surface area contributed by atoms with Crippen LogP contribution in [0.4, 0.5) is 0 Å². The van der Waals surface area contributed by atoms with Crippen LogP contribution in [-0.4, -0.2) is 19.2 Å². The van der Waals surface area contributed by atoms with E-state index < -0.39 is 5.60 Å². The van der Waals surface area contributed by atoms with E-state index in [0.717, 1.165) is 32.1 Å². The Labute approximate surface area is 216 Å². The lowest BCUT2D eigenvalue weighted by molar-refractivity contribution is 0.117. The molecule has 5 nitrogen and oxygen atoms in total. The maximum atomic E-state index is 12.7. The average Bonchev–Trinajstić information content (AvgIpc) is 3.48. The van der Waals surface area contributed by atoms with E-state index in [-0.39, 0.29) is 5.56 Å². The van der Waals surface area contributed by atoms with Gasteiger partial charge in [0, 0.05) is 35.4 Å². The number of rotatable bonds is 6. The summed E-state index contributed by atoms with van der Waals surface area (Å²) in [6.45, 7) is 0. The van der Waals surface area contributed by atoms with Crippen LogP contribution in [0.1, 0.15) is 27.3 Å². The Morgan fingerprint density at radius 2 is 1.71 bits per heavy atom. The summed E-state index contributed by atoms with van der Waals surface area (Å²) in [6, 6.07) is 18.5. The van der Waals surface area contributed by atoms with Gasteiger partial charge in [0.1, 0.15) is 0 Å². The Morgan fingerprint density at radius 3 is 2.37 bits per heavy atom. The van der Waals surface area contributed by atoms with Crippen LogP contribution in [0.3, 0.4) is 0 Å². The number of fused-ring (bicyclic) bond motifs is 1. The first-order chi connectivity index (χ1) is 16.8. The zero-order valence-electron chi connectivity index (χ0n) is 19.2. The number of hydrogen-bond donors (Lipinski definition) is 1. The van der Waals surface area contributed by atoms with Crippen LogP contribution in [0.15, 0.2) is 78.0 Å². The predicted octanol–water partition coefficient (Wildman–Crippen LogP) is 5.71. The molecule has 8 heteroatoms. The van der Waals surface area contributed by atoms with Crippen LogP contribution >= 0.6 is 34.5 Å². The highest BCUT2D eigenvalue weighted by molar-refractivity contribution is 7.16. The van der Waals surface area contributed by atoms with E-state index in [1.165, 1.54) is 0 Å². The molecule has 0 aliphatic rings.